The Morgan fingerprint density at radius 1 is 1.33 bits per heavy atom. The lowest BCUT2D eigenvalue weighted by Crippen LogP contribution is -2.26. The second-order valence-electron chi connectivity index (χ2n) is 3.45. The molecule has 0 amide bonds. The fraction of sp³-hybridized carbons (Fsp3) is 0.0833. The molecule has 18 heavy (non-hydrogen) atoms. The van der Waals surface area contributed by atoms with Crippen LogP contribution in [0.4, 0.5) is 0 Å². The minimum absolute atomic E-state index is 0.506. The van der Waals surface area contributed by atoms with Crippen molar-refractivity contribution in [3.05, 3.63) is 52.7 Å². The summed E-state index contributed by atoms with van der Waals surface area (Å²) in [4.78, 5) is 26.2. The summed E-state index contributed by atoms with van der Waals surface area (Å²) in [5, 5.41) is 8.82. The zero-order chi connectivity index (χ0) is 13.1. The number of carboxylic acid groups (broad SMARTS) is 1. The van der Waals surface area contributed by atoms with Gasteiger partial charge < -0.3 is 9.84 Å². The highest BCUT2D eigenvalue weighted by Crippen LogP contribution is 2.13. The van der Waals surface area contributed by atoms with Gasteiger partial charge in [0.2, 0.25) is 5.69 Å². The normalized spacial score (nSPS) is 10.1. The Morgan fingerprint density at radius 2 is 2.00 bits per heavy atom. The first-order chi connectivity index (χ1) is 8.63. The molecule has 0 atom stereocenters. The van der Waals surface area contributed by atoms with E-state index in [1.807, 2.05) is 0 Å². The second kappa shape index (κ2) is 4.70. The lowest BCUT2D eigenvalue weighted by molar-refractivity contribution is 0.0688. The summed E-state index contributed by atoms with van der Waals surface area (Å²) in [6, 6.07) is 6.68. The van der Waals surface area contributed by atoms with Crippen molar-refractivity contribution in [1.29, 1.82) is 0 Å². The molecule has 1 N–H and O–H groups in total. The van der Waals surface area contributed by atoms with Crippen LogP contribution in [0.2, 0.25) is 0 Å². The van der Waals surface area contributed by atoms with Gasteiger partial charge in [-0.1, -0.05) is 0 Å². The highest BCUT2D eigenvalue weighted by atomic mass is 16.5. The molecule has 92 valence electrons. The summed E-state index contributed by atoms with van der Waals surface area (Å²) in [5.41, 5.74) is -0.630. The zero-order valence-corrected chi connectivity index (χ0v) is 9.53. The maximum Gasteiger partial charge on any atom is 0.360 e. The zero-order valence-electron chi connectivity index (χ0n) is 9.53. The van der Waals surface area contributed by atoms with E-state index in [9.17, 15) is 9.59 Å². The van der Waals surface area contributed by atoms with E-state index in [0.29, 0.717) is 11.4 Å². The van der Waals surface area contributed by atoms with Crippen molar-refractivity contribution in [3.63, 3.8) is 0 Å². The number of hydrogen-bond acceptors (Lipinski definition) is 4. The van der Waals surface area contributed by atoms with E-state index in [2.05, 4.69) is 4.98 Å². The summed E-state index contributed by atoms with van der Waals surface area (Å²) in [5.74, 6) is -0.692. The first-order valence-corrected chi connectivity index (χ1v) is 5.09. The van der Waals surface area contributed by atoms with Gasteiger partial charge in [0.1, 0.15) is 5.75 Å². The van der Waals surface area contributed by atoms with E-state index in [4.69, 9.17) is 9.84 Å². The molecule has 0 aliphatic carbocycles. The smallest absolute Gasteiger partial charge is 0.360 e. The van der Waals surface area contributed by atoms with Crippen LogP contribution in [0.3, 0.4) is 0 Å². The maximum atomic E-state index is 11.9. The molecule has 0 saturated heterocycles. The van der Waals surface area contributed by atoms with Crippen molar-refractivity contribution in [2.75, 3.05) is 7.11 Å². The van der Waals surface area contributed by atoms with Gasteiger partial charge in [0.15, 0.2) is 0 Å². The molecule has 2 rings (SSSR count). The monoisotopic (exact) mass is 246 g/mol. The summed E-state index contributed by atoms with van der Waals surface area (Å²) in [6.07, 6.45) is 2.69. The van der Waals surface area contributed by atoms with Crippen molar-refractivity contribution in [1.82, 2.24) is 9.55 Å². The van der Waals surface area contributed by atoms with E-state index in [0.717, 1.165) is 0 Å². The Labute approximate surface area is 102 Å². The molecule has 1 aromatic carbocycles. The van der Waals surface area contributed by atoms with Crippen LogP contribution < -0.4 is 10.3 Å². The Hall–Kier alpha value is -2.63. The van der Waals surface area contributed by atoms with Crippen molar-refractivity contribution in [3.8, 4) is 11.4 Å². The predicted octanol–water partition coefficient (Wildman–Crippen LogP) is 0.939. The largest absolute Gasteiger partial charge is 0.497 e. The Morgan fingerprint density at radius 3 is 2.56 bits per heavy atom. The van der Waals surface area contributed by atoms with Gasteiger partial charge in [-0.15, -0.1) is 0 Å². The van der Waals surface area contributed by atoms with E-state index in [1.165, 1.54) is 24.1 Å². The topological polar surface area (TPSA) is 81.4 Å². The molecule has 0 aliphatic rings. The van der Waals surface area contributed by atoms with Gasteiger partial charge in [-0.25, -0.2) is 9.78 Å². The van der Waals surface area contributed by atoms with Gasteiger partial charge in [0, 0.05) is 18.1 Å². The molecule has 1 aromatic heterocycles. The van der Waals surface area contributed by atoms with Gasteiger partial charge >= 0.3 is 5.97 Å². The molecule has 1 heterocycles. The number of aromatic nitrogens is 2. The average molecular weight is 246 g/mol. The van der Waals surface area contributed by atoms with Crippen molar-refractivity contribution >= 4 is 5.97 Å². The van der Waals surface area contributed by atoms with Gasteiger partial charge in [0.25, 0.3) is 5.56 Å². The summed E-state index contributed by atoms with van der Waals surface area (Å²) >= 11 is 0. The molecule has 0 radical (unpaired) electrons. The standard InChI is InChI=1S/C12H10N2O4/c1-18-9-4-2-8(3-5-9)14-7-6-13-10(11(14)15)12(16)17/h2-7H,1H3,(H,16,17). The molecule has 0 fully saturated rings. The van der Waals surface area contributed by atoms with Crippen LogP contribution in [-0.4, -0.2) is 27.7 Å². The number of ether oxygens (including phenoxy) is 1. The third-order valence-electron chi connectivity index (χ3n) is 2.39. The molecule has 0 saturated carbocycles. The van der Waals surface area contributed by atoms with Gasteiger partial charge in [-0.05, 0) is 24.3 Å². The highest BCUT2D eigenvalue weighted by Gasteiger charge is 2.12. The number of methoxy groups -OCH3 is 1. The number of hydrogen-bond donors (Lipinski definition) is 1. The molecule has 0 spiro atoms. The Bertz CT molecular complexity index is 631. The van der Waals surface area contributed by atoms with Crippen LogP contribution in [-0.2, 0) is 0 Å². The fourth-order valence-electron chi connectivity index (χ4n) is 1.50. The SMILES string of the molecule is COc1ccc(-n2ccnc(C(=O)O)c2=O)cc1. The van der Waals surface area contributed by atoms with Gasteiger partial charge in [-0.3, -0.25) is 9.36 Å². The molecular weight excluding hydrogens is 236 g/mol. The first-order valence-electron chi connectivity index (χ1n) is 5.09. The third-order valence-corrected chi connectivity index (χ3v) is 2.39. The number of nitrogens with zero attached hydrogens (tertiary/aromatic N) is 2. The Kier molecular flexibility index (Phi) is 3.09. The molecule has 6 nitrogen and oxygen atoms in total. The second-order valence-corrected chi connectivity index (χ2v) is 3.45. The van der Waals surface area contributed by atoms with Crippen LogP contribution in [0.15, 0.2) is 41.5 Å². The minimum atomic E-state index is -1.34. The van der Waals surface area contributed by atoms with Crippen LogP contribution in [0.25, 0.3) is 5.69 Å². The van der Waals surface area contributed by atoms with E-state index < -0.39 is 17.2 Å². The number of carboxylic acids is 1. The van der Waals surface area contributed by atoms with Gasteiger partial charge in [-0.2, -0.15) is 0 Å². The molecule has 2 aromatic rings. The van der Waals surface area contributed by atoms with Crippen LogP contribution >= 0.6 is 0 Å². The number of rotatable bonds is 3. The van der Waals surface area contributed by atoms with Crippen molar-refractivity contribution in [2.45, 2.75) is 0 Å². The van der Waals surface area contributed by atoms with Crippen molar-refractivity contribution in [2.24, 2.45) is 0 Å². The minimum Gasteiger partial charge on any atom is -0.497 e. The summed E-state index contributed by atoms with van der Waals surface area (Å²) < 4.78 is 6.22. The molecule has 6 heteroatoms. The molecule has 0 aliphatic heterocycles. The summed E-state index contributed by atoms with van der Waals surface area (Å²) in [6.45, 7) is 0. The van der Waals surface area contributed by atoms with Gasteiger partial charge in [0.05, 0.1) is 7.11 Å². The molecule has 0 bridgehead atoms. The van der Waals surface area contributed by atoms with E-state index >= 15 is 0 Å². The van der Waals surface area contributed by atoms with Crippen LogP contribution in [0, 0.1) is 0 Å². The number of benzene rings is 1. The van der Waals surface area contributed by atoms with Crippen LogP contribution in [0.5, 0.6) is 5.75 Å². The maximum absolute atomic E-state index is 11.9. The number of aromatic carboxylic acids is 1. The fourth-order valence-corrected chi connectivity index (χ4v) is 1.50. The first kappa shape index (κ1) is 11.8. The summed E-state index contributed by atoms with van der Waals surface area (Å²) in [7, 11) is 1.54. The predicted molar refractivity (Wildman–Crippen MR) is 63.3 cm³/mol. The highest BCUT2D eigenvalue weighted by molar-refractivity contribution is 5.84. The van der Waals surface area contributed by atoms with Crippen LogP contribution in [0.1, 0.15) is 10.5 Å². The van der Waals surface area contributed by atoms with E-state index in [1.54, 1.807) is 24.3 Å². The molecular formula is C12H10N2O4. The van der Waals surface area contributed by atoms with E-state index in [-0.39, 0.29) is 0 Å². The third kappa shape index (κ3) is 2.08. The quantitative estimate of drug-likeness (QED) is 0.871. The number of carbonyl (C=O) groups is 1. The lowest BCUT2D eigenvalue weighted by Gasteiger charge is -2.06. The average Bonchev–Trinajstić information content (AvgIpc) is 2.39. The molecule has 0 unspecified atom stereocenters. The van der Waals surface area contributed by atoms with Crippen molar-refractivity contribution < 1.29 is 14.6 Å². The lowest BCUT2D eigenvalue weighted by atomic mass is 10.3. The Balaban J connectivity index is 2.53.